The molecule has 1 aliphatic rings. The van der Waals surface area contributed by atoms with Gasteiger partial charge in [0.1, 0.15) is 6.61 Å². The van der Waals surface area contributed by atoms with E-state index in [0.29, 0.717) is 6.54 Å². The molecular weight excluding hydrogens is 282 g/mol. The standard InChI is InChI=1S/C16H25N3O3/c1-18(2)8-9-19-14-6-5-13(17-15(20)11-22-3)10-12(14)4-7-16(19)21/h4,7,13H,5-6,8-11H2,1-3H3,(H,17,20)/t13-/m0/s1. The van der Waals surface area contributed by atoms with Crippen LogP contribution in [0.25, 0.3) is 0 Å². The molecule has 122 valence electrons. The first kappa shape index (κ1) is 16.7. The van der Waals surface area contributed by atoms with Gasteiger partial charge in [-0.05, 0) is 38.9 Å². The molecule has 0 aliphatic heterocycles. The lowest BCUT2D eigenvalue weighted by molar-refractivity contribution is -0.125. The number of aromatic nitrogens is 1. The van der Waals surface area contributed by atoms with E-state index in [1.165, 1.54) is 7.11 Å². The fourth-order valence-corrected chi connectivity index (χ4v) is 2.89. The van der Waals surface area contributed by atoms with Gasteiger partial charge in [0.2, 0.25) is 5.91 Å². The fraction of sp³-hybridized carbons (Fsp3) is 0.625. The van der Waals surface area contributed by atoms with Gasteiger partial charge in [0, 0.05) is 38.0 Å². The topological polar surface area (TPSA) is 63.6 Å². The van der Waals surface area contributed by atoms with Crippen molar-refractivity contribution in [3.63, 3.8) is 0 Å². The van der Waals surface area contributed by atoms with E-state index in [1.807, 2.05) is 24.7 Å². The second-order valence-electron chi connectivity index (χ2n) is 6.04. The van der Waals surface area contributed by atoms with E-state index in [4.69, 9.17) is 4.74 Å². The molecule has 1 atom stereocenters. The predicted molar refractivity (Wildman–Crippen MR) is 85.1 cm³/mol. The number of likely N-dealkylation sites (N-methyl/N-ethyl adjacent to an activating group) is 1. The Balaban J connectivity index is 2.11. The van der Waals surface area contributed by atoms with Gasteiger partial charge < -0.3 is 19.5 Å². The van der Waals surface area contributed by atoms with E-state index in [0.717, 1.165) is 37.1 Å². The number of carbonyl (C=O) groups is 1. The first-order valence-electron chi connectivity index (χ1n) is 7.66. The molecule has 6 nitrogen and oxygen atoms in total. The zero-order valence-corrected chi connectivity index (χ0v) is 13.6. The molecule has 0 saturated carbocycles. The van der Waals surface area contributed by atoms with Gasteiger partial charge in [0.15, 0.2) is 0 Å². The maximum atomic E-state index is 12.1. The van der Waals surface area contributed by atoms with E-state index in [9.17, 15) is 9.59 Å². The lowest BCUT2D eigenvalue weighted by Crippen LogP contribution is -2.42. The van der Waals surface area contributed by atoms with Crippen molar-refractivity contribution in [2.75, 3.05) is 34.4 Å². The summed E-state index contributed by atoms with van der Waals surface area (Å²) < 4.78 is 6.72. The van der Waals surface area contributed by atoms with Crippen LogP contribution in [-0.4, -0.2) is 55.8 Å². The number of nitrogens with zero attached hydrogens (tertiary/aromatic N) is 2. The summed E-state index contributed by atoms with van der Waals surface area (Å²) in [4.78, 5) is 25.8. The van der Waals surface area contributed by atoms with Crippen molar-refractivity contribution < 1.29 is 9.53 Å². The quantitative estimate of drug-likeness (QED) is 0.805. The summed E-state index contributed by atoms with van der Waals surface area (Å²) in [5, 5.41) is 2.99. The Labute approximate surface area is 131 Å². The molecular formula is C16H25N3O3. The highest BCUT2D eigenvalue weighted by Gasteiger charge is 2.22. The Hall–Kier alpha value is -1.66. The molecule has 0 fully saturated rings. The average molecular weight is 307 g/mol. The van der Waals surface area contributed by atoms with Crippen molar-refractivity contribution in [1.82, 2.24) is 14.8 Å². The van der Waals surface area contributed by atoms with Crippen LogP contribution in [0.15, 0.2) is 16.9 Å². The van der Waals surface area contributed by atoms with Gasteiger partial charge in [-0.3, -0.25) is 9.59 Å². The first-order chi connectivity index (χ1) is 10.5. The molecule has 1 aliphatic carbocycles. The largest absolute Gasteiger partial charge is 0.375 e. The third-order valence-corrected chi connectivity index (χ3v) is 4.00. The van der Waals surface area contributed by atoms with Gasteiger partial charge in [-0.25, -0.2) is 0 Å². The molecule has 0 unspecified atom stereocenters. The Bertz CT molecular complexity index is 580. The van der Waals surface area contributed by atoms with Crippen LogP contribution >= 0.6 is 0 Å². The average Bonchev–Trinajstić information content (AvgIpc) is 2.46. The summed E-state index contributed by atoms with van der Waals surface area (Å²) in [7, 11) is 5.52. The fourth-order valence-electron chi connectivity index (χ4n) is 2.89. The minimum Gasteiger partial charge on any atom is -0.375 e. The number of amides is 1. The van der Waals surface area contributed by atoms with Crippen molar-refractivity contribution in [1.29, 1.82) is 0 Å². The smallest absolute Gasteiger partial charge is 0.250 e. The molecule has 1 aromatic heterocycles. The molecule has 0 spiro atoms. The van der Waals surface area contributed by atoms with Crippen molar-refractivity contribution >= 4 is 5.91 Å². The van der Waals surface area contributed by atoms with Gasteiger partial charge in [0.25, 0.3) is 5.56 Å². The molecule has 0 radical (unpaired) electrons. The molecule has 6 heteroatoms. The van der Waals surface area contributed by atoms with Crippen LogP contribution in [0.1, 0.15) is 17.7 Å². The zero-order chi connectivity index (χ0) is 16.1. The number of ether oxygens (including phenoxy) is 1. The maximum absolute atomic E-state index is 12.1. The second kappa shape index (κ2) is 7.56. The monoisotopic (exact) mass is 307 g/mol. The number of fused-ring (bicyclic) bond motifs is 1. The second-order valence-corrected chi connectivity index (χ2v) is 6.04. The van der Waals surface area contributed by atoms with Crippen molar-refractivity contribution in [2.45, 2.75) is 31.8 Å². The third kappa shape index (κ3) is 4.18. The van der Waals surface area contributed by atoms with Crippen LogP contribution in [-0.2, 0) is 28.9 Å². The zero-order valence-electron chi connectivity index (χ0n) is 13.6. The van der Waals surface area contributed by atoms with Crippen molar-refractivity contribution in [2.24, 2.45) is 0 Å². The summed E-state index contributed by atoms with van der Waals surface area (Å²) >= 11 is 0. The number of hydrogen-bond acceptors (Lipinski definition) is 4. The molecule has 0 bridgehead atoms. The third-order valence-electron chi connectivity index (χ3n) is 4.00. The number of hydrogen-bond donors (Lipinski definition) is 1. The highest BCUT2D eigenvalue weighted by molar-refractivity contribution is 5.77. The summed E-state index contributed by atoms with van der Waals surface area (Å²) in [5.41, 5.74) is 2.33. The van der Waals surface area contributed by atoms with E-state index in [-0.39, 0.29) is 24.1 Å². The highest BCUT2D eigenvalue weighted by Crippen LogP contribution is 2.20. The first-order valence-corrected chi connectivity index (χ1v) is 7.66. The Kier molecular flexibility index (Phi) is 5.74. The number of pyridine rings is 1. The molecule has 1 N–H and O–H groups in total. The number of nitrogens with one attached hydrogen (secondary N) is 1. The summed E-state index contributed by atoms with van der Waals surface area (Å²) in [6.45, 7) is 1.63. The maximum Gasteiger partial charge on any atom is 0.250 e. The lowest BCUT2D eigenvalue weighted by Gasteiger charge is -2.28. The molecule has 1 aromatic rings. The van der Waals surface area contributed by atoms with Gasteiger partial charge in [-0.1, -0.05) is 6.07 Å². The molecule has 1 heterocycles. The van der Waals surface area contributed by atoms with Crippen LogP contribution in [0, 0.1) is 0 Å². The number of carbonyl (C=O) groups excluding carboxylic acids is 1. The van der Waals surface area contributed by atoms with Crippen LogP contribution < -0.4 is 10.9 Å². The molecule has 0 aromatic carbocycles. The van der Waals surface area contributed by atoms with Crippen molar-refractivity contribution in [3.8, 4) is 0 Å². The minimum absolute atomic E-state index is 0.0578. The lowest BCUT2D eigenvalue weighted by atomic mass is 9.91. The van der Waals surface area contributed by atoms with E-state index >= 15 is 0 Å². The Morgan fingerprint density at radius 3 is 2.91 bits per heavy atom. The van der Waals surface area contributed by atoms with E-state index in [2.05, 4.69) is 10.2 Å². The van der Waals surface area contributed by atoms with Crippen LogP contribution in [0.2, 0.25) is 0 Å². The van der Waals surface area contributed by atoms with Crippen LogP contribution in [0.4, 0.5) is 0 Å². The van der Waals surface area contributed by atoms with Crippen LogP contribution in [0.5, 0.6) is 0 Å². The molecule has 0 saturated heterocycles. The number of methoxy groups -OCH3 is 1. The minimum atomic E-state index is -0.0862. The molecule has 22 heavy (non-hydrogen) atoms. The summed E-state index contributed by atoms with van der Waals surface area (Å²) in [5.74, 6) is -0.0862. The van der Waals surface area contributed by atoms with Crippen LogP contribution in [0.3, 0.4) is 0 Å². The van der Waals surface area contributed by atoms with E-state index < -0.39 is 0 Å². The van der Waals surface area contributed by atoms with E-state index in [1.54, 1.807) is 6.07 Å². The predicted octanol–water partition coefficient (Wildman–Crippen LogP) is 0.0298. The van der Waals surface area contributed by atoms with Crippen molar-refractivity contribution in [3.05, 3.63) is 33.7 Å². The summed E-state index contributed by atoms with van der Waals surface area (Å²) in [6, 6.07) is 3.65. The SMILES string of the molecule is COCC(=O)N[C@H]1CCc2c(ccc(=O)n2CCN(C)C)C1. The van der Waals surface area contributed by atoms with Gasteiger partial charge in [0.05, 0.1) is 0 Å². The normalized spacial score (nSPS) is 17.4. The highest BCUT2D eigenvalue weighted by atomic mass is 16.5. The Morgan fingerprint density at radius 1 is 1.45 bits per heavy atom. The number of rotatable bonds is 6. The molecule has 2 rings (SSSR count). The van der Waals surface area contributed by atoms with Gasteiger partial charge in [-0.15, -0.1) is 0 Å². The van der Waals surface area contributed by atoms with Gasteiger partial charge in [-0.2, -0.15) is 0 Å². The van der Waals surface area contributed by atoms with Gasteiger partial charge >= 0.3 is 0 Å². The molecule has 1 amide bonds. The summed E-state index contributed by atoms with van der Waals surface area (Å²) in [6.07, 6.45) is 2.44. The Morgan fingerprint density at radius 2 is 2.23 bits per heavy atom.